The van der Waals surface area contributed by atoms with Gasteiger partial charge in [-0.2, -0.15) is 0 Å². The number of benzene rings is 2. The largest absolute Gasteiger partial charge is 0.497 e. The molecule has 0 aliphatic heterocycles. The van der Waals surface area contributed by atoms with Crippen LogP contribution in [0.4, 0.5) is 5.69 Å². The van der Waals surface area contributed by atoms with Gasteiger partial charge in [0.1, 0.15) is 5.75 Å². The Morgan fingerprint density at radius 1 is 1.18 bits per heavy atom. The molecule has 0 unspecified atom stereocenters. The molecule has 2 N–H and O–H groups in total. The van der Waals surface area contributed by atoms with Gasteiger partial charge in [-0.1, -0.05) is 33.8 Å². The maximum Gasteiger partial charge on any atom is 0.251 e. The van der Waals surface area contributed by atoms with E-state index in [9.17, 15) is 9.59 Å². The van der Waals surface area contributed by atoms with E-state index in [0.29, 0.717) is 34.5 Å². The quantitative estimate of drug-likeness (QED) is 0.297. The first-order chi connectivity index (χ1) is 15.9. The summed E-state index contributed by atoms with van der Waals surface area (Å²) in [6.07, 6.45) is 1.72. The van der Waals surface area contributed by atoms with Crippen LogP contribution >= 0.6 is 27.7 Å². The molecule has 10 heteroatoms. The highest BCUT2D eigenvalue weighted by Gasteiger charge is 2.20. The zero-order valence-electron chi connectivity index (χ0n) is 18.2. The van der Waals surface area contributed by atoms with Crippen LogP contribution in [0, 0.1) is 0 Å². The van der Waals surface area contributed by atoms with E-state index in [4.69, 9.17) is 4.74 Å². The lowest BCUT2D eigenvalue weighted by Gasteiger charge is -2.15. The fraction of sp³-hybridized carbons (Fsp3) is 0.217. The minimum atomic E-state index is -0.405. The lowest BCUT2D eigenvalue weighted by molar-refractivity contribution is -0.113. The van der Waals surface area contributed by atoms with E-state index in [1.165, 1.54) is 11.8 Å². The molecule has 1 atom stereocenters. The molecule has 2 amide bonds. The van der Waals surface area contributed by atoms with Crippen LogP contribution in [-0.4, -0.2) is 39.4 Å². The van der Waals surface area contributed by atoms with Gasteiger partial charge in [0.2, 0.25) is 5.91 Å². The smallest absolute Gasteiger partial charge is 0.251 e. The van der Waals surface area contributed by atoms with E-state index in [2.05, 4.69) is 43.3 Å². The number of ether oxygens (including phenoxy) is 1. The summed E-state index contributed by atoms with van der Waals surface area (Å²) in [5, 5.41) is 14.8. The maximum atomic E-state index is 12.6. The van der Waals surface area contributed by atoms with Gasteiger partial charge < -0.3 is 19.9 Å². The van der Waals surface area contributed by atoms with Crippen LogP contribution in [0.25, 0.3) is 0 Å². The molecule has 0 bridgehead atoms. The zero-order chi connectivity index (χ0) is 23.8. The van der Waals surface area contributed by atoms with E-state index in [0.717, 1.165) is 4.47 Å². The fourth-order valence-electron chi connectivity index (χ4n) is 2.98. The number of nitrogens with zero attached hydrogens (tertiary/aromatic N) is 3. The first-order valence-electron chi connectivity index (χ1n) is 10.1. The number of amides is 2. The summed E-state index contributed by atoms with van der Waals surface area (Å²) in [5.41, 5.74) is 1.23. The lowest BCUT2D eigenvalue weighted by Crippen LogP contribution is -2.28. The molecule has 3 aromatic rings. The number of carbonyl (C=O) groups is 2. The first kappa shape index (κ1) is 24.5. The van der Waals surface area contributed by atoms with Gasteiger partial charge in [0, 0.05) is 22.3 Å². The number of rotatable bonds is 10. The summed E-state index contributed by atoms with van der Waals surface area (Å²) < 4.78 is 7.90. The molecule has 0 saturated carbocycles. The SMILES string of the molecule is C=CCn1c(SCC(=O)Nc2ccc(Br)cc2)nnc1[C@@H](C)NC(=O)c1ccc(OC)cc1. The highest BCUT2D eigenvalue weighted by Crippen LogP contribution is 2.22. The van der Waals surface area contributed by atoms with Gasteiger partial charge in [0.25, 0.3) is 5.91 Å². The van der Waals surface area contributed by atoms with Gasteiger partial charge >= 0.3 is 0 Å². The predicted molar refractivity (Wildman–Crippen MR) is 133 cm³/mol. The van der Waals surface area contributed by atoms with Gasteiger partial charge in [-0.15, -0.1) is 16.8 Å². The van der Waals surface area contributed by atoms with Crippen LogP contribution in [-0.2, 0) is 11.3 Å². The summed E-state index contributed by atoms with van der Waals surface area (Å²) in [7, 11) is 1.57. The molecule has 172 valence electrons. The number of anilines is 1. The molecule has 1 heterocycles. The normalized spacial score (nSPS) is 11.5. The van der Waals surface area contributed by atoms with Crippen molar-refractivity contribution in [2.24, 2.45) is 0 Å². The summed E-state index contributed by atoms with van der Waals surface area (Å²) >= 11 is 4.64. The van der Waals surface area contributed by atoms with Crippen molar-refractivity contribution in [3.8, 4) is 5.75 Å². The third kappa shape index (κ3) is 6.69. The van der Waals surface area contributed by atoms with E-state index < -0.39 is 6.04 Å². The summed E-state index contributed by atoms with van der Waals surface area (Å²) in [5.74, 6) is 1.03. The Morgan fingerprint density at radius 3 is 2.52 bits per heavy atom. The van der Waals surface area contributed by atoms with E-state index in [1.807, 2.05) is 35.8 Å². The Labute approximate surface area is 204 Å². The third-order valence-corrected chi connectivity index (χ3v) is 6.10. The average molecular weight is 530 g/mol. The molecule has 1 aromatic heterocycles. The first-order valence-corrected chi connectivity index (χ1v) is 11.9. The molecule has 0 spiro atoms. The van der Waals surface area contributed by atoms with Crippen LogP contribution in [0.5, 0.6) is 5.75 Å². The summed E-state index contributed by atoms with van der Waals surface area (Å²) in [4.78, 5) is 25.0. The summed E-state index contributed by atoms with van der Waals surface area (Å²) in [6, 6.07) is 13.8. The Hall–Kier alpha value is -3.11. The molecular weight excluding hydrogens is 506 g/mol. The van der Waals surface area contributed by atoms with Gasteiger partial charge in [-0.05, 0) is 55.5 Å². The minimum Gasteiger partial charge on any atom is -0.497 e. The second-order valence-electron chi connectivity index (χ2n) is 7.01. The molecule has 33 heavy (non-hydrogen) atoms. The van der Waals surface area contributed by atoms with Gasteiger partial charge in [0.05, 0.1) is 18.9 Å². The lowest BCUT2D eigenvalue weighted by atomic mass is 10.2. The van der Waals surface area contributed by atoms with E-state index in [-0.39, 0.29) is 17.6 Å². The number of methoxy groups -OCH3 is 1. The second-order valence-corrected chi connectivity index (χ2v) is 8.87. The minimum absolute atomic E-state index is 0.155. The zero-order valence-corrected chi connectivity index (χ0v) is 20.6. The fourth-order valence-corrected chi connectivity index (χ4v) is 3.99. The third-order valence-electron chi connectivity index (χ3n) is 4.60. The van der Waals surface area contributed by atoms with E-state index >= 15 is 0 Å². The maximum absolute atomic E-state index is 12.6. The number of thioether (sulfide) groups is 1. The highest BCUT2D eigenvalue weighted by molar-refractivity contribution is 9.10. The average Bonchev–Trinajstić information content (AvgIpc) is 3.22. The Morgan fingerprint density at radius 2 is 1.88 bits per heavy atom. The number of hydrogen-bond acceptors (Lipinski definition) is 6. The molecule has 0 fully saturated rings. The Balaban J connectivity index is 1.64. The van der Waals surface area contributed by atoms with Crippen LogP contribution in [0.15, 0.2) is 70.8 Å². The van der Waals surface area contributed by atoms with Crippen molar-refractivity contribution in [1.29, 1.82) is 0 Å². The highest BCUT2D eigenvalue weighted by atomic mass is 79.9. The van der Waals surface area contributed by atoms with Crippen molar-refractivity contribution in [3.05, 3.63) is 77.0 Å². The molecule has 0 radical (unpaired) electrons. The van der Waals surface area contributed by atoms with Crippen molar-refractivity contribution < 1.29 is 14.3 Å². The molecule has 8 nitrogen and oxygen atoms in total. The molecular formula is C23H24BrN5O3S. The molecule has 0 saturated heterocycles. The number of allylic oxidation sites excluding steroid dienone is 1. The van der Waals surface area contributed by atoms with Crippen molar-refractivity contribution in [3.63, 3.8) is 0 Å². The predicted octanol–water partition coefficient (Wildman–Crippen LogP) is 4.46. The summed E-state index contributed by atoms with van der Waals surface area (Å²) in [6.45, 7) is 6.07. The number of nitrogens with one attached hydrogen (secondary N) is 2. The van der Waals surface area contributed by atoms with Gasteiger partial charge in [-0.3, -0.25) is 9.59 Å². The number of halogens is 1. The van der Waals surface area contributed by atoms with Gasteiger partial charge in [-0.25, -0.2) is 0 Å². The molecule has 0 aliphatic rings. The van der Waals surface area contributed by atoms with Crippen LogP contribution < -0.4 is 15.4 Å². The molecule has 3 rings (SSSR count). The van der Waals surface area contributed by atoms with E-state index in [1.54, 1.807) is 37.5 Å². The number of aromatic nitrogens is 3. The van der Waals surface area contributed by atoms with Crippen LogP contribution in [0.2, 0.25) is 0 Å². The van der Waals surface area contributed by atoms with Crippen molar-refractivity contribution >= 4 is 45.2 Å². The monoisotopic (exact) mass is 529 g/mol. The van der Waals surface area contributed by atoms with Crippen LogP contribution in [0.1, 0.15) is 29.1 Å². The van der Waals surface area contributed by atoms with Gasteiger partial charge in [0.15, 0.2) is 11.0 Å². The Bertz CT molecular complexity index is 1120. The van der Waals surface area contributed by atoms with Crippen molar-refractivity contribution in [2.75, 3.05) is 18.2 Å². The molecule has 0 aliphatic carbocycles. The van der Waals surface area contributed by atoms with Crippen LogP contribution in [0.3, 0.4) is 0 Å². The standard InChI is InChI=1S/C23H24BrN5O3S/c1-4-13-29-21(15(2)25-22(31)16-5-11-19(32-3)12-6-16)27-28-23(29)33-14-20(30)26-18-9-7-17(24)8-10-18/h4-12,15H,1,13-14H2,2-3H3,(H,25,31)(H,26,30)/t15-/m1/s1. The van der Waals surface area contributed by atoms with Crippen molar-refractivity contribution in [2.45, 2.75) is 24.7 Å². The molecule has 2 aromatic carbocycles. The Kier molecular flexibility index (Phi) is 8.67. The topological polar surface area (TPSA) is 98.1 Å². The number of hydrogen-bond donors (Lipinski definition) is 2. The number of carbonyl (C=O) groups excluding carboxylic acids is 2. The second kappa shape index (κ2) is 11.7. The van der Waals surface area contributed by atoms with Crippen molar-refractivity contribution in [1.82, 2.24) is 20.1 Å².